The number of guanidine groups is 1. The van der Waals surface area contributed by atoms with Crippen LogP contribution in [0.15, 0.2) is 47.5 Å². The molecule has 0 spiro atoms. The Morgan fingerprint density at radius 1 is 1.08 bits per heavy atom. The molecule has 0 bridgehead atoms. The van der Waals surface area contributed by atoms with Gasteiger partial charge in [0.2, 0.25) is 0 Å². The number of hydrogen-bond acceptors (Lipinski definition) is 3. The lowest BCUT2D eigenvalue weighted by atomic mass is 10.2. The number of methoxy groups -OCH3 is 2. The minimum absolute atomic E-state index is 0. The van der Waals surface area contributed by atoms with E-state index in [1.165, 1.54) is 12.1 Å². The second kappa shape index (κ2) is 9.96. The molecule has 0 saturated heterocycles. The number of hydrogen-bond donors (Lipinski definition) is 2. The van der Waals surface area contributed by atoms with Crippen molar-refractivity contribution >= 4 is 29.9 Å². The number of rotatable bonds is 6. The summed E-state index contributed by atoms with van der Waals surface area (Å²) in [5, 5.41) is 3.01. The van der Waals surface area contributed by atoms with Crippen LogP contribution >= 0.6 is 24.0 Å². The van der Waals surface area contributed by atoms with Gasteiger partial charge in [-0.05, 0) is 35.4 Å². The largest absolute Gasteiger partial charge is 0.493 e. The van der Waals surface area contributed by atoms with E-state index in [0.29, 0.717) is 30.5 Å². The van der Waals surface area contributed by atoms with Crippen LogP contribution in [0.25, 0.3) is 0 Å². The zero-order valence-electron chi connectivity index (χ0n) is 13.6. The minimum atomic E-state index is -0.283. The molecule has 2 rings (SSSR count). The Morgan fingerprint density at radius 2 is 1.83 bits per heavy atom. The molecule has 0 aliphatic carbocycles. The Kier molecular flexibility index (Phi) is 8.31. The van der Waals surface area contributed by atoms with Crippen LogP contribution in [-0.2, 0) is 13.1 Å². The summed E-state index contributed by atoms with van der Waals surface area (Å²) in [6.07, 6.45) is 0. The van der Waals surface area contributed by atoms with Crippen molar-refractivity contribution < 1.29 is 13.9 Å². The van der Waals surface area contributed by atoms with Gasteiger partial charge in [0.15, 0.2) is 17.5 Å². The van der Waals surface area contributed by atoms with Crippen LogP contribution in [0.2, 0.25) is 0 Å². The topological polar surface area (TPSA) is 68.9 Å². The van der Waals surface area contributed by atoms with E-state index < -0.39 is 0 Å². The van der Waals surface area contributed by atoms with Crippen molar-refractivity contribution in [2.24, 2.45) is 10.7 Å². The lowest BCUT2D eigenvalue weighted by Gasteiger charge is -2.10. The van der Waals surface area contributed by atoms with Gasteiger partial charge in [0, 0.05) is 6.54 Å². The first-order chi connectivity index (χ1) is 11.1. The van der Waals surface area contributed by atoms with Gasteiger partial charge in [-0.15, -0.1) is 24.0 Å². The van der Waals surface area contributed by atoms with Crippen molar-refractivity contribution in [3.63, 3.8) is 0 Å². The summed E-state index contributed by atoms with van der Waals surface area (Å²) < 4.78 is 23.5. The number of aliphatic imine (C=N–C) groups is 1. The van der Waals surface area contributed by atoms with Gasteiger partial charge >= 0.3 is 0 Å². The van der Waals surface area contributed by atoms with Gasteiger partial charge in [-0.3, -0.25) is 0 Å². The molecule has 0 saturated carbocycles. The quantitative estimate of drug-likeness (QED) is 0.408. The molecule has 0 radical (unpaired) electrons. The molecule has 0 aromatic heterocycles. The molecule has 0 aliphatic rings. The first kappa shape index (κ1) is 20.0. The summed E-state index contributed by atoms with van der Waals surface area (Å²) in [7, 11) is 3.18. The maximum absolute atomic E-state index is 13.1. The van der Waals surface area contributed by atoms with Gasteiger partial charge in [0.25, 0.3) is 0 Å². The van der Waals surface area contributed by atoms with Gasteiger partial charge in [-0.25, -0.2) is 9.38 Å². The van der Waals surface area contributed by atoms with Crippen LogP contribution < -0.4 is 20.5 Å². The normalized spacial score (nSPS) is 10.7. The van der Waals surface area contributed by atoms with Gasteiger partial charge < -0.3 is 20.5 Å². The third-order valence-corrected chi connectivity index (χ3v) is 3.24. The Morgan fingerprint density at radius 3 is 2.50 bits per heavy atom. The molecule has 5 nitrogen and oxygen atoms in total. The summed E-state index contributed by atoms with van der Waals surface area (Å²) in [6, 6.07) is 11.9. The number of ether oxygens (including phenoxy) is 2. The second-order valence-corrected chi connectivity index (χ2v) is 4.87. The van der Waals surface area contributed by atoms with Gasteiger partial charge in [-0.1, -0.05) is 18.2 Å². The molecular formula is C17H21FIN3O2. The Bertz CT molecular complexity index is 695. The van der Waals surface area contributed by atoms with Gasteiger partial charge in [-0.2, -0.15) is 0 Å². The smallest absolute Gasteiger partial charge is 0.189 e. The highest BCUT2D eigenvalue weighted by molar-refractivity contribution is 14.0. The summed E-state index contributed by atoms with van der Waals surface area (Å²) >= 11 is 0. The maximum atomic E-state index is 13.1. The molecule has 24 heavy (non-hydrogen) atoms. The maximum Gasteiger partial charge on any atom is 0.189 e. The zero-order valence-corrected chi connectivity index (χ0v) is 15.9. The molecule has 7 heteroatoms. The van der Waals surface area contributed by atoms with Crippen LogP contribution in [0.3, 0.4) is 0 Å². The van der Waals surface area contributed by atoms with E-state index in [1.807, 2.05) is 18.2 Å². The molecule has 0 heterocycles. The highest BCUT2D eigenvalue weighted by Gasteiger charge is 2.04. The molecule has 0 aliphatic heterocycles. The van der Waals surface area contributed by atoms with Crippen LogP contribution in [0.1, 0.15) is 11.1 Å². The predicted molar refractivity (Wildman–Crippen MR) is 104 cm³/mol. The Labute approximate surface area is 158 Å². The van der Waals surface area contributed by atoms with Crippen LogP contribution in [0.5, 0.6) is 11.5 Å². The summed E-state index contributed by atoms with van der Waals surface area (Å²) in [5.74, 6) is 1.34. The van der Waals surface area contributed by atoms with Crippen molar-refractivity contribution in [3.05, 3.63) is 59.4 Å². The van der Waals surface area contributed by atoms with Crippen molar-refractivity contribution in [2.45, 2.75) is 13.1 Å². The van der Waals surface area contributed by atoms with Crippen LogP contribution in [-0.4, -0.2) is 20.2 Å². The zero-order chi connectivity index (χ0) is 16.7. The first-order valence-corrected chi connectivity index (χ1v) is 7.11. The monoisotopic (exact) mass is 445 g/mol. The Balaban J connectivity index is 0.00000288. The van der Waals surface area contributed by atoms with Gasteiger partial charge in [0.1, 0.15) is 5.82 Å². The fourth-order valence-corrected chi connectivity index (χ4v) is 2.05. The molecular weight excluding hydrogens is 424 g/mol. The van der Waals surface area contributed by atoms with Crippen molar-refractivity contribution in [3.8, 4) is 11.5 Å². The lowest BCUT2D eigenvalue weighted by Crippen LogP contribution is -2.31. The lowest BCUT2D eigenvalue weighted by molar-refractivity contribution is 0.354. The second-order valence-electron chi connectivity index (χ2n) is 4.87. The molecule has 0 fully saturated rings. The number of halogens is 2. The molecule has 0 amide bonds. The fraction of sp³-hybridized carbons (Fsp3) is 0.235. The molecule has 2 aromatic rings. The van der Waals surface area contributed by atoms with Crippen LogP contribution in [0, 0.1) is 5.82 Å². The minimum Gasteiger partial charge on any atom is -0.493 e. The van der Waals surface area contributed by atoms with E-state index in [4.69, 9.17) is 15.2 Å². The molecule has 0 unspecified atom stereocenters. The fourth-order valence-electron chi connectivity index (χ4n) is 2.05. The number of benzene rings is 2. The number of nitrogens with zero attached hydrogens (tertiary/aromatic N) is 1. The van der Waals surface area contributed by atoms with Crippen molar-refractivity contribution in [1.29, 1.82) is 0 Å². The molecule has 130 valence electrons. The molecule has 3 N–H and O–H groups in total. The highest BCUT2D eigenvalue weighted by Crippen LogP contribution is 2.27. The van der Waals surface area contributed by atoms with Gasteiger partial charge in [0.05, 0.1) is 20.8 Å². The average molecular weight is 445 g/mol. The van der Waals surface area contributed by atoms with E-state index in [2.05, 4.69) is 10.3 Å². The third-order valence-electron chi connectivity index (χ3n) is 3.24. The van der Waals surface area contributed by atoms with E-state index >= 15 is 0 Å². The first-order valence-electron chi connectivity index (χ1n) is 7.11. The third kappa shape index (κ3) is 5.88. The average Bonchev–Trinajstić information content (AvgIpc) is 2.57. The summed E-state index contributed by atoms with van der Waals surface area (Å²) in [4.78, 5) is 4.19. The number of nitrogens with two attached hydrogens (primary N) is 1. The standard InChI is InChI=1S/C17H20FN3O2.HI/c1-22-15-7-6-13(9-16(15)23-2)11-21-17(19)20-10-12-4-3-5-14(18)8-12;/h3-9H,10-11H2,1-2H3,(H3,19,20,21);1H. The SMILES string of the molecule is COc1ccc(CNC(N)=NCc2cccc(F)c2)cc1OC.I. The molecule has 2 aromatic carbocycles. The Hall–Kier alpha value is -2.03. The van der Waals surface area contributed by atoms with E-state index in [9.17, 15) is 4.39 Å². The number of nitrogens with one attached hydrogen (secondary N) is 1. The molecule has 0 atom stereocenters. The highest BCUT2D eigenvalue weighted by atomic mass is 127. The van der Waals surface area contributed by atoms with E-state index in [0.717, 1.165) is 11.1 Å². The van der Waals surface area contributed by atoms with E-state index in [-0.39, 0.29) is 29.8 Å². The van der Waals surface area contributed by atoms with Crippen LogP contribution in [0.4, 0.5) is 4.39 Å². The summed E-state index contributed by atoms with van der Waals surface area (Å²) in [5.41, 5.74) is 7.57. The summed E-state index contributed by atoms with van der Waals surface area (Å²) in [6.45, 7) is 0.821. The predicted octanol–water partition coefficient (Wildman–Crippen LogP) is 3.07. The van der Waals surface area contributed by atoms with Crippen molar-refractivity contribution in [1.82, 2.24) is 5.32 Å². The van der Waals surface area contributed by atoms with E-state index in [1.54, 1.807) is 26.4 Å². The van der Waals surface area contributed by atoms with Crippen molar-refractivity contribution in [2.75, 3.05) is 14.2 Å².